The first-order valence-electron chi connectivity index (χ1n) is 11.8. The predicted octanol–water partition coefficient (Wildman–Crippen LogP) is 5.69. The van der Waals surface area contributed by atoms with Crippen molar-refractivity contribution in [2.24, 2.45) is 12.5 Å². The number of ether oxygens (including phenoxy) is 1. The zero-order chi connectivity index (χ0) is 27.5. The molecule has 38 heavy (non-hydrogen) atoms. The molecule has 2 N–H and O–H groups in total. The lowest BCUT2D eigenvalue weighted by atomic mass is 9.72. The van der Waals surface area contributed by atoms with Crippen LogP contribution in [-0.4, -0.2) is 43.1 Å². The molecule has 0 aromatic carbocycles. The quantitative estimate of drug-likeness (QED) is 0.377. The second-order valence-corrected chi connectivity index (χ2v) is 9.35. The molecule has 14 heteroatoms. The van der Waals surface area contributed by atoms with Gasteiger partial charge in [-0.1, -0.05) is 42.1 Å². The average molecular weight is 552 g/mol. The van der Waals surface area contributed by atoms with Gasteiger partial charge in [-0.25, -0.2) is 14.5 Å². The Morgan fingerprint density at radius 3 is 2.50 bits per heavy atom. The lowest BCUT2D eigenvalue weighted by molar-refractivity contribution is -0.227. The number of nitrogens with one attached hydrogen (secondary N) is 2. The van der Waals surface area contributed by atoms with Gasteiger partial charge in [0.25, 0.3) is 0 Å². The fourth-order valence-corrected chi connectivity index (χ4v) is 4.65. The van der Waals surface area contributed by atoms with E-state index in [1.165, 1.54) is 29.2 Å². The second kappa shape index (κ2) is 10.9. The molecular weight excluding hydrogens is 527 g/mol. The zero-order valence-corrected chi connectivity index (χ0v) is 21.3. The smallest absolute Gasteiger partial charge is 0.413 e. The van der Waals surface area contributed by atoms with Crippen molar-refractivity contribution in [2.45, 2.75) is 51.3 Å². The van der Waals surface area contributed by atoms with Crippen molar-refractivity contribution >= 4 is 35.1 Å². The van der Waals surface area contributed by atoms with E-state index >= 15 is 0 Å². The Balaban J connectivity index is 1.47. The molecule has 0 bridgehead atoms. The van der Waals surface area contributed by atoms with Gasteiger partial charge in [-0.2, -0.15) is 13.2 Å². The lowest BCUT2D eigenvalue weighted by Crippen LogP contribution is -2.49. The number of aromatic nitrogens is 5. The van der Waals surface area contributed by atoms with E-state index in [1.807, 2.05) is 0 Å². The third-order valence-corrected chi connectivity index (χ3v) is 6.82. The van der Waals surface area contributed by atoms with Gasteiger partial charge in [0.05, 0.1) is 17.6 Å². The van der Waals surface area contributed by atoms with Gasteiger partial charge in [0, 0.05) is 18.8 Å². The molecule has 1 atom stereocenters. The molecule has 2 amide bonds. The molecule has 0 aliphatic heterocycles. The summed E-state index contributed by atoms with van der Waals surface area (Å²) in [5.41, 5.74) is -1.34. The SMILES string of the molecule is C[C@@H](OC(=O)Nc1c(-c2ccc(NC(=O)C3(C(F)(F)F)CCCCC3)cn2)nnn1C)c1cccnc1Cl. The van der Waals surface area contributed by atoms with E-state index < -0.39 is 29.7 Å². The van der Waals surface area contributed by atoms with Crippen molar-refractivity contribution in [3.05, 3.63) is 47.4 Å². The van der Waals surface area contributed by atoms with Gasteiger partial charge in [-0.05, 0) is 38.0 Å². The van der Waals surface area contributed by atoms with Crippen LogP contribution in [0.2, 0.25) is 5.15 Å². The van der Waals surface area contributed by atoms with Crippen molar-refractivity contribution in [2.75, 3.05) is 10.6 Å². The van der Waals surface area contributed by atoms with Gasteiger partial charge < -0.3 is 10.1 Å². The molecule has 3 aromatic heterocycles. The Morgan fingerprint density at radius 1 is 1.13 bits per heavy atom. The number of alkyl halides is 3. The van der Waals surface area contributed by atoms with Crippen LogP contribution in [0.5, 0.6) is 0 Å². The van der Waals surface area contributed by atoms with Crippen LogP contribution in [0.25, 0.3) is 11.4 Å². The summed E-state index contributed by atoms with van der Waals surface area (Å²) in [6.07, 6.45) is -2.58. The third-order valence-electron chi connectivity index (χ3n) is 6.51. The normalized spacial score (nSPS) is 15.9. The van der Waals surface area contributed by atoms with Crippen LogP contribution in [0.4, 0.5) is 29.5 Å². The van der Waals surface area contributed by atoms with E-state index in [-0.39, 0.29) is 40.9 Å². The van der Waals surface area contributed by atoms with Crippen LogP contribution < -0.4 is 10.6 Å². The largest absolute Gasteiger partial charge is 0.441 e. The molecule has 10 nitrogen and oxygen atoms in total. The number of hydrogen-bond donors (Lipinski definition) is 2. The van der Waals surface area contributed by atoms with Crippen LogP contribution in [0.15, 0.2) is 36.7 Å². The molecule has 1 fully saturated rings. The summed E-state index contributed by atoms with van der Waals surface area (Å²) < 4.78 is 48.2. The van der Waals surface area contributed by atoms with Crippen molar-refractivity contribution in [1.82, 2.24) is 25.0 Å². The van der Waals surface area contributed by atoms with Crippen LogP contribution in [0.3, 0.4) is 0 Å². The number of halogens is 4. The Morgan fingerprint density at radius 2 is 1.87 bits per heavy atom. The van der Waals surface area contributed by atoms with E-state index in [1.54, 1.807) is 26.1 Å². The maximum absolute atomic E-state index is 13.8. The Hall–Kier alpha value is -3.74. The molecule has 202 valence electrons. The fraction of sp³-hybridized carbons (Fsp3) is 0.417. The highest BCUT2D eigenvalue weighted by atomic mass is 35.5. The Bertz CT molecular complexity index is 1310. The molecular formula is C24H25ClF3N7O3. The van der Waals surface area contributed by atoms with E-state index in [0.29, 0.717) is 24.8 Å². The first-order chi connectivity index (χ1) is 18.0. The minimum atomic E-state index is -4.65. The molecule has 0 saturated heterocycles. The number of rotatable bonds is 6. The van der Waals surface area contributed by atoms with Crippen LogP contribution >= 0.6 is 11.6 Å². The van der Waals surface area contributed by atoms with Gasteiger partial charge in [0.2, 0.25) is 5.91 Å². The van der Waals surface area contributed by atoms with Crippen molar-refractivity contribution < 1.29 is 27.5 Å². The van der Waals surface area contributed by atoms with Crippen molar-refractivity contribution in [1.29, 1.82) is 0 Å². The maximum atomic E-state index is 13.8. The monoisotopic (exact) mass is 551 g/mol. The molecule has 4 rings (SSSR count). The van der Waals surface area contributed by atoms with Crippen LogP contribution in [0, 0.1) is 5.41 Å². The number of amides is 2. The fourth-order valence-electron chi connectivity index (χ4n) is 4.37. The number of aryl methyl sites for hydroxylation is 1. The highest BCUT2D eigenvalue weighted by Crippen LogP contribution is 2.49. The summed E-state index contributed by atoms with van der Waals surface area (Å²) in [4.78, 5) is 33.4. The third kappa shape index (κ3) is 5.57. The summed E-state index contributed by atoms with van der Waals surface area (Å²) in [7, 11) is 1.54. The first kappa shape index (κ1) is 27.3. The molecule has 0 spiro atoms. The molecule has 1 saturated carbocycles. The van der Waals surface area contributed by atoms with Gasteiger partial charge >= 0.3 is 12.3 Å². The summed E-state index contributed by atoms with van der Waals surface area (Å²) >= 11 is 6.06. The number of nitrogens with zero attached hydrogens (tertiary/aromatic N) is 5. The molecule has 3 heterocycles. The minimum absolute atomic E-state index is 0.105. The number of carbonyl (C=O) groups excluding carboxylic acids is 2. The number of pyridine rings is 2. The van der Waals surface area contributed by atoms with Gasteiger partial charge in [0.1, 0.15) is 16.7 Å². The van der Waals surface area contributed by atoms with Gasteiger partial charge in [-0.15, -0.1) is 5.10 Å². The standard InChI is InChI=1S/C24H25ClF3N7O3/c1-14(16-7-6-12-29-19(16)25)38-22(37)32-20-18(33-34-35(20)2)17-9-8-15(13-30-17)31-21(36)23(24(26,27)28)10-4-3-5-11-23/h6-9,12-14H,3-5,10-11H2,1-2H3,(H,31,36)(H,32,37)/t14-/m1/s1. The molecule has 0 radical (unpaired) electrons. The lowest BCUT2D eigenvalue weighted by Gasteiger charge is -2.37. The van der Waals surface area contributed by atoms with E-state index in [0.717, 1.165) is 0 Å². The topological polar surface area (TPSA) is 124 Å². The average Bonchev–Trinajstić information content (AvgIpc) is 3.24. The molecule has 1 aliphatic carbocycles. The van der Waals surface area contributed by atoms with Crippen LogP contribution in [-0.2, 0) is 16.6 Å². The van der Waals surface area contributed by atoms with Crippen molar-refractivity contribution in [3.63, 3.8) is 0 Å². The highest BCUT2D eigenvalue weighted by Gasteiger charge is 2.59. The molecule has 0 unspecified atom stereocenters. The van der Waals surface area contributed by atoms with Crippen molar-refractivity contribution in [3.8, 4) is 11.4 Å². The highest BCUT2D eigenvalue weighted by molar-refractivity contribution is 6.30. The summed E-state index contributed by atoms with van der Waals surface area (Å²) in [5, 5.41) is 13.0. The van der Waals surface area contributed by atoms with Gasteiger partial charge in [0.15, 0.2) is 11.5 Å². The molecule has 3 aromatic rings. The van der Waals surface area contributed by atoms with E-state index in [4.69, 9.17) is 16.3 Å². The van der Waals surface area contributed by atoms with E-state index in [2.05, 4.69) is 30.9 Å². The number of hydrogen-bond acceptors (Lipinski definition) is 7. The first-order valence-corrected chi connectivity index (χ1v) is 12.2. The maximum Gasteiger partial charge on any atom is 0.413 e. The summed E-state index contributed by atoms with van der Waals surface area (Å²) in [5.74, 6) is -0.923. The Kier molecular flexibility index (Phi) is 7.86. The number of anilines is 2. The summed E-state index contributed by atoms with van der Waals surface area (Å²) in [6, 6.07) is 6.21. The number of carbonyl (C=O) groups is 2. The zero-order valence-electron chi connectivity index (χ0n) is 20.5. The minimum Gasteiger partial charge on any atom is -0.441 e. The van der Waals surface area contributed by atoms with Crippen LogP contribution in [0.1, 0.15) is 50.7 Å². The summed E-state index contributed by atoms with van der Waals surface area (Å²) in [6.45, 7) is 1.63. The Labute approximate surface area is 220 Å². The second-order valence-electron chi connectivity index (χ2n) is 8.99. The van der Waals surface area contributed by atoms with E-state index in [9.17, 15) is 22.8 Å². The predicted molar refractivity (Wildman–Crippen MR) is 132 cm³/mol. The van der Waals surface area contributed by atoms with Gasteiger partial charge in [-0.3, -0.25) is 15.1 Å². The molecule has 1 aliphatic rings.